The van der Waals surface area contributed by atoms with Gasteiger partial charge in [0.25, 0.3) is 12.7 Å². The van der Waals surface area contributed by atoms with Gasteiger partial charge in [0.15, 0.2) is 33.8 Å². The van der Waals surface area contributed by atoms with Crippen molar-refractivity contribution in [2.45, 2.75) is 76.2 Å². The number of rotatable bonds is 5. The van der Waals surface area contributed by atoms with Crippen molar-refractivity contribution in [1.82, 2.24) is 24.9 Å². The fourth-order valence-corrected chi connectivity index (χ4v) is 19.4. The van der Waals surface area contributed by atoms with Gasteiger partial charge in [-0.3, -0.25) is 0 Å². The van der Waals surface area contributed by atoms with Crippen molar-refractivity contribution in [3.05, 3.63) is 360 Å². The van der Waals surface area contributed by atoms with Gasteiger partial charge in [-0.1, -0.05) is 198 Å². The van der Waals surface area contributed by atoms with E-state index in [2.05, 4.69) is 337 Å². The number of aromatic nitrogens is 10. The molecule has 10 aromatic heterocycles. The highest BCUT2D eigenvalue weighted by molar-refractivity contribution is 6.26. The van der Waals surface area contributed by atoms with Crippen LogP contribution in [0.25, 0.3) is 220 Å². The molecule has 0 amide bonds. The Hall–Kier alpha value is -16.0. The maximum Gasteiger partial charge on any atom is 0.334 e. The first-order valence-corrected chi connectivity index (χ1v) is 44.4. The van der Waals surface area contributed by atoms with E-state index in [1.807, 2.05) is 110 Å². The number of benzene rings is 15. The minimum Gasteiger partial charge on any atom is -0.455 e. The number of furan rings is 5. The van der Waals surface area contributed by atoms with E-state index in [9.17, 15) is 0 Å². The molecule has 0 atom stereocenters. The van der Waals surface area contributed by atoms with E-state index in [1.165, 1.54) is 114 Å². The Morgan fingerprint density at radius 2 is 0.588 bits per heavy atom. The standard InChI is InChI=1S/C24H21N2O.4C23H19N2O/c1-14-11-19-23-18-8-6-5-7-17(18)9-10-21(23)27-24(19)22(16(14)3)20-12-15(2)25-13-26(20)4;1-14-13-18-21-17-8-5-4-7-16(17)9-10-19(21)26-22(18)20(15(14)2)23-24-11-6-12-25(23)3;1-14-12-24-23(25(3)13-14)20-15(2)8-10-18-21-17-7-5-4-6-16(17)9-11-19(21)26-22(18)20;1-14-8-10-18-22-17-7-5-4-6-16(17)9-11-20(22)26-23(18)21(14)19-12-15(2)24-13-25(19)3;1-14-8-10-18-21-17-7-5-4-6-16(17)9-11-19(21)26-22(18)20(14)23-24-15(2)12-13-25(23)3/h5-13H,1-4H3;4*4-13H,1-3H3/q5*+1. The number of fused-ring (bicyclic) bond motifs is 25. The predicted octanol–water partition coefficient (Wildman–Crippen LogP) is 26.5. The van der Waals surface area contributed by atoms with Gasteiger partial charge in [0, 0.05) is 104 Å². The van der Waals surface area contributed by atoms with E-state index >= 15 is 0 Å². The Morgan fingerprint density at radius 3 is 1.00 bits per heavy atom. The van der Waals surface area contributed by atoms with E-state index < -0.39 is 0 Å². The molecule has 0 N–H and O–H groups in total. The SMILES string of the molecule is Cc1cc(-c2c(C)c(C)cc3c2oc2ccc4ccccc4c23)[n+](C)cn1.Cc1cc(-c2c(C)ccc3c2oc2ccc4ccccc4c23)[n+](C)cn1.Cc1cc2c(oc3ccc4ccccc4c32)c(-c2nccc[n+]2C)c1C.Cc1cc[n+](C)c(-c2c(C)ccc3c2oc2ccc4ccccc4c23)n1.Cc1cnc(-c2c(C)ccc3c2oc2ccc4ccccc4c23)[n+](C)c1. The zero-order valence-corrected chi connectivity index (χ0v) is 76.3. The van der Waals surface area contributed by atoms with Crippen molar-refractivity contribution in [3.63, 3.8) is 0 Å². The summed E-state index contributed by atoms with van der Waals surface area (Å²) in [7, 11) is 10.1. The monoisotopic (exact) mass is 1710 g/mol. The molecule has 10 heterocycles. The highest BCUT2D eigenvalue weighted by Gasteiger charge is 2.30. The highest BCUT2D eigenvalue weighted by Crippen LogP contribution is 2.47. The van der Waals surface area contributed by atoms with Gasteiger partial charge in [-0.15, -0.1) is 0 Å². The zero-order chi connectivity index (χ0) is 90.1. The molecule has 0 aliphatic rings. The van der Waals surface area contributed by atoms with Crippen LogP contribution < -0.4 is 22.8 Å². The molecule has 25 aromatic rings. The molecule has 0 spiro atoms. The average Bonchev–Trinajstić information content (AvgIpc) is 1.62. The van der Waals surface area contributed by atoms with Crippen LogP contribution in [0.5, 0.6) is 0 Å². The second-order valence-corrected chi connectivity index (χ2v) is 35.0. The van der Waals surface area contributed by atoms with Crippen LogP contribution in [-0.2, 0) is 35.2 Å². The number of nitrogens with zero attached hydrogens (tertiary/aromatic N) is 10. The van der Waals surface area contributed by atoms with Gasteiger partial charge < -0.3 is 22.1 Å². The summed E-state index contributed by atoms with van der Waals surface area (Å²) in [5.74, 6) is 2.76. The Bertz CT molecular complexity index is 8830. The molecular formula is C116H97N10O5+5. The topological polar surface area (TPSA) is 150 Å². The van der Waals surface area contributed by atoms with Crippen molar-refractivity contribution in [1.29, 1.82) is 0 Å². The van der Waals surface area contributed by atoms with E-state index in [0.29, 0.717) is 0 Å². The van der Waals surface area contributed by atoms with Gasteiger partial charge in [-0.25, -0.2) is 22.8 Å². The summed E-state index contributed by atoms with van der Waals surface area (Å²) in [5.41, 5.74) is 29.6. The van der Waals surface area contributed by atoms with E-state index in [1.54, 1.807) is 0 Å². The molecule has 15 heteroatoms. The third-order valence-electron chi connectivity index (χ3n) is 26.3. The van der Waals surface area contributed by atoms with E-state index in [4.69, 9.17) is 32.1 Å². The van der Waals surface area contributed by atoms with E-state index in [-0.39, 0.29) is 0 Å². The zero-order valence-electron chi connectivity index (χ0n) is 76.3. The summed E-state index contributed by atoms with van der Waals surface area (Å²) in [5, 5.41) is 24.0. The third kappa shape index (κ3) is 14.1. The molecule has 0 saturated carbocycles. The maximum absolute atomic E-state index is 6.44. The van der Waals surface area contributed by atoms with Crippen molar-refractivity contribution in [3.8, 4) is 56.7 Å². The average molecular weight is 1710 g/mol. The summed E-state index contributed by atoms with van der Waals surface area (Å²) < 4.78 is 42.2. The number of aryl methyl sites for hydroxylation is 14. The largest absolute Gasteiger partial charge is 0.455 e. The van der Waals surface area contributed by atoms with Crippen LogP contribution >= 0.6 is 0 Å². The van der Waals surface area contributed by atoms with Crippen LogP contribution in [0.15, 0.2) is 321 Å². The van der Waals surface area contributed by atoms with Gasteiger partial charge in [-0.2, -0.15) is 0 Å². The van der Waals surface area contributed by atoms with Gasteiger partial charge >= 0.3 is 17.5 Å². The third-order valence-corrected chi connectivity index (χ3v) is 26.3. The maximum atomic E-state index is 6.44. The van der Waals surface area contributed by atoms with Crippen LogP contribution in [0.3, 0.4) is 0 Å². The minimum atomic E-state index is 0.906. The van der Waals surface area contributed by atoms with Crippen LogP contribution in [0.2, 0.25) is 0 Å². The molecule has 15 aromatic carbocycles. The van der Waals surface area contributed by atoms with Gasteiger partial charge in [0.2, 0.25) is 0 Å². The summed E-state index contributed by atoms with van der Waals surface area (Å²) in [6.07, 6.45) is 13.6. The summed E-state index contributed by atoms with van der Waals surface area (Å²) in [6, 6.07) is 89.1. The van der Waals surface area contributed by atoms with Crippen molar-refractivity contribution < 1.29 is 44.9 Å². The molecule has 0 aliphatic heterocycles. The number of hydrogen-bond donors (Lipinski definition) is 0. The Balaban J connectivity index is 0.0000000989. The quantitative estimate of drug-likeness (QED) is 0.152. The molecule has 636 valence electrons. The van der Waals surface area contributed by atoms with Crippen LogP contribution in [-0.4, -0.2) is 24.9 Å². The lowest BCUT2D eigenvalue weighted by atomic mass is 9.95. The van der Waals surface area contributed by atoms with Gasteiger partial charge in [0.05, 0.1) is 65.0 Å². The van der Waals surface area contributed by atoms with Crippen LogP contribution in [0, 0.1) is 76.2 Å². The molecular weight excluding hydrogens is 1610 g/mol. The lowest BCUT2D eigenvalue weighted by molar-refractivity contribution is -0.663. The lowest BCUT2D eigenvalue weighted by Gasteiger charge is -2.10. The van der Waals surface area contributed by atoms with Crippen LogP contribution in [0.4, 0.5) is 0 Å². The smallest absolute Gasteiger partial charge is 0.334 e. The molecule has 0 unspecified atom stereocenters. The molecule has 0 fully saturated rings. The van der Waals surface area contributed by atoms with Crippen molar-refractivity contribution >= 4 is 164 Å². The predicted molar refractivity (Wildman–Crippen MR) is 530 cm³/mol. The summed E-state index contributed by atoms with van der Waals surface area (Å²) in [6.45, 7) is 23.1. The number of hydrogen-bond acceptors (Lipinski definition) is 10. The van der Waals surface area contributed by atoms with E-state index in [0.717, 1.165) is 168 Å². The molecule has 0 radical (unpaired) electrons. The highest BCUT2D eigenvalue weighted by atomic mass is 16.3. The minimum absolute atomic E-state index is 0.906. The molecule has 15 nitrogen and oxygen atoms in total. The molecule has 25 rings (SSSR count). The fourth-order valence-electron chi connectivity index (χ4n) is 19.4. The molecule has 0 aliphatic carbocycles. The Labute approximate surface area is 756 Å². The van der Waals surface area contributed by atoms with Gasteiger partial charge in [0.1, 0.15) is 79.6 Å². The second-order valence-electron chi connectivity index (χ2n) is 35.0. The Morgan fingerprint density at radius 1 is 0.244 bits per heavy atom. The Kier molecular flexibility index (Phi) is 20.5. The molecule has 0 saturated heterocycles. The lowest BCUT2D eigenvalue weighted by Crippen LogP contribution is -2.32. The van der Waals surface area contributed by atoms with Crippen LogP contribution in [0.1, 0.15) is 61.6 Å². The first kappa shape index (κ1) is 82.0. The first-order valence-electron chi connectivity index (χ1n) is 44.4. The van der Waals surface area contributed by atoms with Gasteiger partial charge in [-0.05, 0) is 206 Å². The molecule has 131 heavy (non-hydrogen) atoms. The summed E-state index contributed by atoms with van der Waals surface area (Å²) >= 11 is 0. The first-order chi connectivity index (χ1) is 63.6. The van der Waals surface area contributed by atoms with Crippen molar-refractivity contribution in [2.75, 3.05) is 0 Å². The molecule has 0 bridgehead atoms. The summed E-state index contributed by atoms with van der Waals surface area (Å²) in [4.78, 5) is 22.9. The van der Waals surface area contributed by atoms with Crippen molar-refractivity contribution in [2.24, 2.45) is 35.2 Å². The fraction of sp³-hybridized carbons (Fsp3) is 0.138. The second kappa shape index (κ2) is 32.7. The normalized spacial score (nSPS) is 11.7.